The van der Waals surface area contributed by atoms with Crippen LogP contribution in [0, 0.1) is 17.8 Å². The molecule has 2 unspecified atom stereocenters. The molecule has 1 aliphatic rings. The average molecular weight is 207 g/mol. The van der Waals surface area contributed by atoms with Crippen LogP contribution in [0.5, 0.6) is 0 Å². The van der Waals surface area contributed by atoms with Crippen LogP contribution in [-0.4, -0.2) is 24.9 Å². The minimum Gasteiger partial charge on any atom is -0.348 e. The van der Waals surface area contributed by atoms with Crippen LogP contribution in [0.3, 0.4) is 0 Å². The summed E-state index contributed by atoms with van der Waals surface area (Å²) in [6, 6.07) is 0. The van der Waals surface area contributed by atoms with Crippen LogP contribution < -0.4 is 0 Å². The van der Waals surface area contributed by atoms with Crippen molar-refractivity contribution in [2.45, 2.75) is 20.8 Å². The number of carbonyl (C=O) groups is 1. The first-order chi connectivity index (χ1) is 6.93. The van der Waals surface area contributed by atoms with E-state index in [2.05, 4.69) is 32.9 Å². The van der Waals surface area contributed by atoms with E-state index in [9.17, 15) is 4.79 Å². The highest BCUT2D eigenvalue weighted by atomic mass is 16.2. The fourth-order valence-corrected chi connectivity index (χ4v) is 1.84. The molecule has 0 aromatic rings. The van der Waals surface area contributed by atoms with Gasteiger partial charge < -0.3 is 4.90 Å². The standard InChI is InChI=1S/C13H21NO/c1-9(2)11-6-7-12(10(3)8-11)13(15)14(4)5/h6-10,12H,1-5H3. The first-order valence-electron chi connectivity index (χ1n) is 5.54. The second kappa shape index (κ2) is 4.65. The molecule has 0 aromatic carbocycles. The van der Waals surface area contributed by atoms with Crippen molar-refractivity contribution >= 4 is 5.91 Å². The van der Waals surface area contributed by atoms with E-state index in [4.69, 9.17) is 0 Å². The van der Waals surface area contributed by atoms with Gasteiger partial charge in [-0.25, -0.2) is 0 Å². The van der Waals surface area contributed by atoms with Crippen molar-refractivity contribution in [1.29, 1.82) is 0 Å². The Morgan fingerprint density at radius 3 is 2.40 bits per heavy atom. The lowest BCUT2D eigenvalue weighted by molar-refractivity contribution is -0.132. The molecule has 1 rings (SSSR count). The monoisotopic (exact) mass is 207 g/mol. The Kier molecular flexibility index (Phi) is 3.72. The SMILES string of the molecule is CC(C)C1=CC(C)C(C(=O)N(C)C)C=C1. The predicted octanol–water partition coefficient (Wildman–Crippen LogP) is 2.48. The summed E-state index contributed by atoms with van der Waals surface area (Å²) in [6.07, 6.45) is 6.36. The van der Waals surface area contributed by atoms with Crippen LogP contribution in [0.4, 0.5) is 0 Å². The van der Waals surface area contributed by atoms with Gasteiger partial charge in [0, 0.05) is 14.1 Å². The zero-order valence-electron chi connectivity index (χ0n) is 10.3. The highest BCUT2D eigenvalue weighted by Gasteiger charge is 2.25. The van der Waals surface area contributed by atoms with Crippen molar-refractivity contribution in [3.63, 3.8) is 0 Å². The summed E-state index contributed by atoms with van der Waals surface area (Å²) < 4.78 is 0. The van der Waals surface area contributed by atoms with E-state index >= 15 is 0 Å². The van der Waals surface area contributed by atoms with Crippen molar-refractivity contribution in [1.82, 2.24) is 4.90 Å². The third-order valence-corrected chi connectivity index (χ3v) is 2.91. The molecule has 84 valence electrons. The van der Waals surface area contributed by atoms with Crippen LogP contribution in [-0.2, 0) is 4.79 Å². The average Bonchev–Trinajstić information content (AvgIpc) is 2.16. The molecule has 1 amide bonds. The first kappa shape index (κ1) is 12.0. The summed E-state index contributed by atoms with van der Waals surface area (Å²) in [4.78, 5) is 13.5. The second-order valence-electron chi connectivity index (χ2n) is 4.80. The van der Waals surface area contributed by atoms with Crippen molar-refractivity contribution < 1.29 is 4.79 Å². The molecule has 0 saturated carbocycles. The Labute approximate surface area is 92.7 Å². The zero-order chi connectivity index (χ0) is 11.6. The summed E-state index contributed by atoms with van der Waals surface area (Å²) in [5, 5.41) is 0. The molecule has 0 aliphatic heterocycles. The maximum absolute atomic E-state index is 11.8. The Morgan fingerprint density at radius 2 is 2.00 bits per heavy atom. The fraction of sp³-hybridized carbons (Fsp3) is 0.615. The lowest BCUT2D eigenvalue weighted by Crippen LogP contribution is -2.32. The van der Waals surface area contributed by atoms with E-state index < -0.39 is 0 Å². The molecule has 1 aliphatic carbocycles. The molecule has 0 N–H and O–H groups in total. The van der Waals surface area contributed by atoms with E-state index in [1.165, 1.54) is 5.57 Å². The van der Waals surface area contributed by atoms with Crippen LogP contribution in [0.15, 0.2) is 23.8 Å². The number of allylic oxidation sites excluding steroid dienone is 3. The zero-order valence-corrected chi connectivity index (χ0v) is 10.3. The van der Waals surface area contributed by atoms with Crippen molar-refractivity contribution in [3.8, 4) is 0 Å². The van der Waals surface area contributed by atoms with E-state index in [1.807, 2.05) is 20.2 Å². The minimum atomic E-state index is 0.0162. The van der Waals surface area contributed by atoms with Crippen LogP contribution in [0.1, 0.15) is 20.8 Å². The first-order valence-corrected chi connectivity index (χ1v) is 5.54. The van der Waals surface area contributed by atoms with Gasteiger partial charge in [0.1, 0.15) is 0 Å². The topological polar surface area (TPSA) is 20.3 Å². The van der Waals surface area contributed by atoms with Gasteiger partial charge in [-0.1, -0.05) is 39.0 Å². The van der Waals surface area contributed by atoms with Gasteiger partial charge in [0.15, 0.2) is 0 Å². The summed E-state index contributed by atoms with van der Waals surface area (Å²) in [7, 11) is 3.62. The van der Waals surface area contributed by atoms with Crippen molar-refractivity contribution in [2.75, 3.05) is 14.1 Å². The summed E-state index contributed by atoms with van der Waals surface area (Å²) in [6.45, 7) is 6.46. The third kappa shape index (κ3) is 2.71. The molecule has 0 fully saturated rings. The molecule has 2 heteroatoms. The Bertz CT molecular complexity index is 300. The predicted molar refractivity (Wildman–Crippen MR) is 63.4 cm³/mol. The summed E-state index contributed by atoms with van der Waals surface area (Å²) in [5.41, 5.74) is 1.34. The summed E-state index contributed by atoms with van der Waals surface area (Å²) in [5.74, 6) is 1.06. The normalized spacial score (nSPS) is 25.3. The van der Waals surface area contributed by atoms with Crippen LogP contribution in [0.2, 0.25) is 0 Å². The summed E-state index contributed by atoms with van der Waals surface area (Å²) >= 11 is 0. The number of hydrogen-bond acceptors (Lipinski definition) is 1. The number of rotatable bonds is 2. The highest BCUT2D eigenvalue weighted by Crippen LogP contribution is 2.27. The highest BCUT2D eigenvalue weighted by molar-refractivity contribution is 5.81. The van der Waals surface area contributed by atoms with Crippen LogP contribution in [0.25, 0.3) is 0 Å². The maximum Gasteiger partial charge on any atom is 0.229 e. The van der Waals surface area contributed by atoms with Gasteiger partial charge >= 0.3 is 0 Å². The molecule has 0 radical (unpaired) electrons. The molecule has 0 aromatic heterocycles. The molecule has 2 nitrogen and oxygen atoms in total. The molecule has 0 bridgehead atoms. The van der Waals surface area contributed by atoms with Gasteiger partial charge in [0.2, 0.25) is 5.91 Å². The van der Waals surface area contributed by atoms with Crippen LogP contribution >= 0.6 is 0 Å². The Balaban J connectivity index is 2.78. The smallest absolute Gasteiger partial charge is 0.229 e. The maximum atomic E-state index is 11.8. The van der Waals surface area contributed by atoms with Crippen molar-refractivity contribution in [3.05, 3.63) is 23.8 Å². The molecule has 15 heavy (non-hydrogen) atoms. The third-order valence-electron chi connectivity index (χ3n) is 2.91. The van der Waals surface area contributed by atoms with Crippen molar-refractivity contribution in [2.24, 2.45) is 17.8 Å². The quantitative estimate of drug-likeness (QED) is 0.681. The molecule has 0 heterocycles. The fourth-order valence-electron chi connectivity index (χ4n) is 1.84. The van der Waals surface area contributed by atoms with E-state index in [-0.39, 0.29) is 11.8 Å². The number of nitrogens with zero attached hydrogens (tertiary/aromatic N) is 1. The van der Waals surface area contributed by atoms with E-state index in [0.717, 1.165) is 0 Å². The molecule has 0 saturated heterocycles. The number of carbonyl (C=O) groups excluding carboxylic acids is 1. The molecular formula is C13H21NO. The number of hydrogen-bond donors (Lipinski definition) is 0. The van der Waals surface area contributed by atoms with E-state index in [1.54, 1.807) is 4.90 Å². The lowest BCUT2D eigenvalue weighted by Gasteiger charge is -2.26. The minimum absolute atomic E-state index is 0.0162. The van der Waals surface area contributed by atoms with Gasteiger partial charge in [0.25, 0.3) is 0 Å². The van der Waals surface area contributed by atoms with Gasteiger partial charge in [-0.3, -0.25) is 4.79 Å². The molecular weight excluding hydrogens is 186 g/mol. The van der Waals surface area contributed by atoms with Gasteiger partial charge in [-0.2, -0.15) is 0 Å². The van der Waals surface area contributed by atoms with Gasteiger partial charge in [-0.15, -0.1) is 0 Å². The van der Waals surface area contributed by atoms with E-state index in [0.29, 0.717) is 11.8 Å². The van der Waals surface area contributed by atoms with Gasteiger partial charge in [-0.05, 0) is 17.4 Å². The second-order valence-corrected chi connectivity index (χ2v) is 4.80. The van der Waals surface area contributed by atoms with Gasteiger partial charge in [0.05, 0.1) is 5.92 Å². The lowest BCUT2D eigenvalue weighted by atomic mass is 9.83. The number of amides is 1. The Hall–Kier alpha value is -1.05. The largest absolute Gasteiger partial charge is 0.348 e. The molecule has 0 spiro atoms. The molecule has 2 atom stereocenters. The Morgan fingerprint density at radius 1 is 1.40 bits per heavy atom.